The largest absolute Gasteiger partial charge is 0.324 e. The number of aromatic amines is 2. The molecule has 8 heteroatoms. The van der Waals surface area contributed by atoms with Crippen LogP contribution in [-0.4, -0.2) is 39.9 Å². The van der Waals surface area contributed by atoms with E-state index in [1.807, 2.05) is 90.1 Å². The maximum atomic E-state index is 5.18. The zero-order valence-corrected chi connectivity index (χ0v) is 31.9. The molecule has 8 bridgehead atoms. The van der Waals surface area contributed by atoms with Crippen molar-refractivity contribution in [2.75, 3.05) is 0 Å². The minimum absolute atomic E-state index is 0.0111. The molecule has 0 atom stereocenters. The Bertz CT molecular complexity index is 2370. The lowest BCUT2D eigenvalue weighted by Gasteiger charge is -2.37. The maximum Gasteiger partial charge on any atom is 0.164 e. The first-order valence-corrected chi connectivity index (χ1v) is 18.3. The first-order chi connectivity index (χ1) is 25.2. The van der Waals surface area contributed by atoms with Gasteiger partial charge in [0.05, 0.1) is 0 Å². The lowest BCUT2D eigenvalue weighted by atomic mass is 9.67. The number of allylic oxidation sites excluding steroid dienone is 12. The number of rotatable bonds is 2. The standard InChI is InChI=1S/C40H36N8.2C2H6/c1-7-13-23-24(14-8-2)32-41-31(23)42-33-25-15-9-11-17-27(25)35(44-33)46-37-29-19-21-40(6,39(3,4)5)22-20-30(29)38(48-37)47-36-28-18-12-10-16-26(28)34(43-32)45-36;2*1-2/h7-22H,1-6H3,(H2,41,42,43,44,45,46,47,48);2*1-2H3/b13-7-,14-8-;;. The van der Waals surface area contributed by atoms with Crippen molar-refractivity contribution in [3.63, 3.8) is 0 Å². The lowest BCUT2D eigenvalue weighted by molar-refractivity contribution is 0.228. The molecule has 8 rings (SSSR count). The summed E-state index contributed by atoms with van der Waals surface area (Å²) < 4.78 is 0. The molecule has 0 saturated heterocycles. The Kier molecular flexibility index (Phi) is 10.0. The highest BCUT2D eigenvalue weighted by Gasteiger charge is 2.35. The topological polar surface area (TPSA) is 109 Å². The number of hydrogen-bond acceptors (Lipinski definition) is 6. The molecule has 3 aromatic heterocycles. The first kappa shape index (κ1) is 36.0. The summed E-state index contributed by atoms with van der Waals surface area (Å²) in [4.78, 5) is 37.7. The maximum absolute atomic E-state index is 5.18. The van der Waals surface area contributed by atoms with E-state index in [0.717, 1.165) is 43.8 Å². The molecule has 3 aliphatic rings. The predicted octanol–water partition coefficient (Wildman–Crippen LogP) is 11.4. The van der Waals surface area contributed by atoms with Crippen LogP contribution in [0.4, 0.5) is 0 Å². The van der Waals surface area contributed by atoms with Gasteiger partial charge in [-0.05, 0) is 19.3 Å². The van der Waals surface area contributed by atoms with E-state index in [-0.39, 0.29) is 10.8 Å². The van der Waals surface area contributed by atoms with Crippen molar-refractivity contribution in [2.45, 2.75) is 69.2 Å². The van der Waals surface area contributed by atoms with Crippen molar-refractivity contribution in [1.29, 1.82) is 0 Å². The fourth-order valence-corrected chi connectivity index (χ4v) is 6.39. The Morgan fingerprint density at radius 2 is 0.846 bits per heavy atom. The van der Waals surface area contributed by atoms with Crippen LogP contribution in [0.15, 0.2) is 97.1 Å². The second kappa shape index (κ2) is 14.5. The van der Waals surface area contributed by atoms with Gasteiger partial charge in [-0.15, -0.1) is 0 Å². The third kappa shape index (κ3) is 6.23. The summed E-state index contributed by atoms with van der Waals surface area (Å²) in [5.74, 6) is 2.33. The Hall–Kier alpha value is -5.76. The minimum Gasteiger partial charge on any atom is -0.324 e. The summed E-state index contributed by atoms with van der Waals surface area (Å²) in [6.45, 7) is 21.0. The van der Waals surface area contributed by atoms with E-state index < -0.39 is 0 Å². The molecule has 2 N–H and O–H groups in total. The molecule has 264 valence electrons. The van der Waals surface area contributed by atoms with Crippen LogP contribution < -0.4 is 0 Å². The highest BCUT2D eigenvalue weighted by Crippen LogP contribution is 2.45. The van der Waals surface area contributed by atoms with Crippen LogP contribution in [0.5, 0.6) is 0 Å². The number of benzene rings is 2. The number of H-pyrrole nitrogens is 2. The fraction of sp³-hybridized carbons (Fsp3) is 0.273. The van der Waals surface area contributed by atoms with Gasteiger partial charge in [-0.3, -0.25) is 0 Å². The Labute approximate surface area is 306 Å². The van der Waals surface area contributed by atoms with Gasteiger partial charge in [0.2, 0.25) is 0 Å². The molecule has 0 spiro atoms. The summed E-state index contributed by atoms with van der Waals surface area (Å²) in [7, 11) is 0. The number of nitrogens with one attached hydrogen (secondary N) is 2. The quantitative estimate of drug-likeness (QED) is 0.191. The summed E-state index contributed by atoms with van der Waals surface area (Å²) in [5, 5.41) is 3.78. The molecule has 0 saturated carbocycles. The summed E-state index contributed by atoms with van der Waals surface area (Å²) in [6, 6.07) is 16.3. The first-order valence-electron chi connectivity index (χ1n) is 18.3. The zero-order chi connectivity index (χ0) is 37.2. The molecule has 2 aliphatic heterocycles. The second-order valence-electron chi connectivity index (χ2n) is 13.6. The van der Waals surface area contributed by atoms with Crippen LogP contribution in [0.3, 0.4) is 0 Å². The van der Waals surface area contributed by atoms with E-state index in [4.69, 9.17) is 29.9 Å². The smallest absolute Gasteiger partial charge is 0.164 e. The Morgan fingerprint density at radius 1 is 0.519 bits per heavy atom. The van der Waals surface area contributed by atoms with Gasteiger partial charge >= 0.3 is 0 Å². The van der Waals surface area contributed by atoms with E-state index in [2.05, 4.69) is 86.2 Å². The molecule has 2 aromatic carbocycles. The summed E-state index contributed by atoms with van der Waals surface area (Å²) >= 11 is 0. The molecule has 0 fully saturated rings. The lowest BCUT2D eigenvalue weighted by Crippen LogP contribution is -2.28. The number of nitrogens with zero attached hydrogens (tertiary/aromatic N) is 6. The van der Waals surface area contributed by atoms with Crippen LogP contribution in [0.2, 0.25) is 0 Å². The van der Waals surface area contributed by atoms with Gasteiger partial charge in [0.1, 0.15) is 22.6 Å². The van der Waals surface area contributed by atoms with Crippen LogP contribution in [-0.2, 0) is 0 Å². The Balaban J connectivity index is 0.00000112. The SMILES string of the molecule is C/C=C\C1=C(/C=C\C)c2nc1nc1[nH]c(nc3nc(nc4[nH]c(n2)c2ccccc42)C2=C3C=CC(C)(C(C)(C)C)C=C2)c2ccccc12.CC.CC. The molecule has 5 heterocycles. The normalized spacial score (nSPS) is 15.2. The Morgan fingerprint density at radius 3 is 1.17 bits per heavy atom. The van der Waals surface area contributed by atoms with Crippen molar-refractivity contribution in [2.24, 2.45) is 10.8 Å². The molecule has 8 nitrogen and oxygen atoms in total. The minimum atomic E-state index is -0.194. The molecule has 52 heavy (non-hydrogen) atoms. The summed E-state index contributed by atoms with van der Waals surface area (Å²) in [6.07, 6.45) is 16.9. The molecular weight excluding hydrogens is 641 g/mol. The molecule has 0 amide bonds. The van der Waals surface area contributed by atoms with E-state index in [0.29, 0.717) is 45.9 Å². The third-order valence-corrected chi connectivity index (χ3v) is 9.66. The van der Waals surface area contributed by atoms with Gasteiger partial charge in [-0.25, -0.2) is 29.9 Å². The predicted molar refractivity (Wildman–Crippen MR) is 219 cm³/mol. The van der Waals surface area contributed by atoms with Crippen LogP contribution in [0.1, 0.15) is 92.5 Å². The molecule has 0 radical (unpaired) electrons. The van der Waals surface area contributed by atoms with Gasteiger partial charge in [-0.2, -0.15) is 0 Å². The number of fused-ring (bicyclic) bond motifs is 16. The fourth-order valence-electron chi connectivity index (χ4n) is 6.39. The van der Waals surface area contributed by atoms with E-state index >= 15 is 0 Å². The van der Waals surface area contributed by atoms with Crippen molar-refractivity contribution in [3.05, 3.63) is 120 Å². The second-order valence-corrected chi connectivity index (χ2v) is 13.6. The van der Waals surface area contributed by atoms with E-state index in [1.54, 1.807) is 0 Å². The highest BCUT2D eigenvalue weighted by molar-refractivity contribution is 6.08. The van der Waals surface area contributed by atoms with Crippen LogP contribution in [0.25, 0.3) is 66.4 Å². The molecule has 5 aromatic rings. The average molecular weight is 689 g/mol. The average Bonchev–Trinajstić information content (AvgIpc) is 3.83. The van der Waals surface area contributed by atoms with Crippen molar-refractivity contribution < 1.29 is 0 Å². The highest BCUT2D eigenvalue weighted by atomic mass is 15.1. The van der Waals surface area contributed by atoms with Gasteiger partial charge in [0.25, 0.3) is 0 Å². The summed E-state index contributed by atoms with van der Waals surface area (Å²) in [5.41, 5.74) is 6.12. The van der Waals surface area contributed by atoms with Gasteiger partial charge in [-0.1, -0.05) is 153 Å². The van der Waals surface area contributed by atoms with Gasteiger partial charge in [0, 0.05) is 49.3 Å². The molecular formula is C44H48N8. The van der Waals surface area contributed by atoms with E-state index in [1.165, 1.54) is 0 Å². The zero-order valence-electron chi connectivity index (χ0n) is 31.9. The van der Waals surface area contributed by atoms with Crippen molar-refractivity contribution >= 4 is 66.4 Å². The van der Waals surface area contributed by atoms with Gasteiger partial charge < -0.3 is 9.97 Å². The number of aromatic nitrogens is 8. The van der Waals surface area contributed by atoms with Crippen LogP contribution in [0, 0.1) is 10.8 Å². The molecule has 1 aliphatic carbocycles. The molecule has 0 unspecified atom stereocenters. The van der Waals surface area contributed by atoms with E-state index in [9.17, 15) is 0 Å². The van der Waals surface area contributed by atoms with Crippen molar-refractivity contribution in [1.82, 2.24) is 39.9 Å². The third-order valence-electron chi connectivity index (χ3n) is 9.66. The number of hydrogen-bond donors (Lipinski definition) is 2. The monoisotopic (exact) mass is 688 g/mol. The van der Waals surface area contributed by atoms with Gasteiger partial charge in [0.15, 0.2) is 23.3 Å². The van der Waals surface area contributed by atoms with Crippen LogP contribution >= 0.6 is 0 Å². The van der Waals surface area contributed by atoms with Crippen molar-refractivity contribution in [3.8, 4) is 0 Å².